The first-order valence-corrected chi connectivity index (χ1v) is 12.4. The fourth-order valence-electron chi connectivity index (χ4n) is 3.92. The van der Waals surface area contributed by atoms with Gasteiger partial charge in [0, 0.05) is 6.92 Å². The number of aliphatic hydroxyl groups excluding tert-OH is 1. The summed E-state index contributed by atoms with van der Waals surface area (Å²) in [5.74, 6) is 1.62. The molecule has 0 spiro atoms. The Hall–Kier alpha value is -3.47. The lowest BCUT2D eigenvalue weighted by atomic mass is 9.81. The van der Waals surface area contributed by atoms with Gasteiger partial charge in [0.1, 0.15) is 17.3 Å². The van der Waals surface area contributed by atoms with Crippen molar-refractivity contribution < 1.29 is 38.4 Å². The van der Waals surface area contributed by atoms with Crippen molar-refractivity contribution in [3.05, 3.63) is 11.6 Å². The van der Waals surface area contributed by atoms with Crippen LogP contribution in [-0.4, -0.2) is 72.8 Å². The van der Waals surface area contributed by atoms with E-state index in [0.29, 0.717) is 4.90 Å². The minimum absolute atomic E-state index is 0.0160. The maximum Gasteiger partial charge on any atom is 0.425 e. The van der Waals surface area contributed by atoms with Crippen LogP contribution in [0.4, 0.5) is 15.4 Å². The Labute approximate surface area is 230 Å². The highest BCUT2D eigenvalue weighted by atomic mass is 35.5. The molecule has 2 amide bonds. The molecule has 14 heteroatoms. The summed E-state index contributed by atoms with van der Waals surface area (Å²) in [6.07, 6.45) is 1.79. The molecule has 0 aliphatic carbocycles. The number of imide groups is 1. The van der Waals surface area contributed by atoms with E-state index >= 15 is 0 Å². The molecular formula is C25H32ClN5O8. The number of imidazole rings is 1. The van der Waals surface area contributed by atoms with Gasteiger partial charge >= 0.3 is 18.2 Å². The summed E-state index contributed by atoms with van der Waals surface area (Å²) in [5.41, 5.74) is -3.19. The lowest BCUT2D eigenvalue weighted by Gasteiger charge is -2.29. The number of carbonyl (C=O) groups excluding carboxylic acids is 3. The van der Waals surface area contributed by atoms with Gasteiger partial charge in [-0.25, -0.2) is 14.6 Å². The number of halogens is 1. The second-order valence-electron chi connectivity index (χ2n) is 11.1. The third-order valence-corrected chi connectivity index (χ3v) is 5.78. The number of esters is 1. The van der Waals surface area contributed by atoms with E-state index in [2.05, 4.69) is 20.9 Å². The molecule has 0 aromatic carbocycles. The van der Waals surface area contributed by atoms with Gasteiger partial charge < -0.3 is 24.1 Å². The molecule has 0 radical (unpaired) electrons. The Morgan fingerprint density at radius 2 is 1.74 bits per heavy atom. The number of rotatable bonds is 4. The summed E-state index contributed by atoms with van der Waals surface area (Å²) in [4.78, 5) is 51.6. The highest BCUT2D eigenvalue weighted by Crippen LogP contribution is 2.46. The molecule has 2 aromatic rings. The van der Waals surface area contributed by atoms with Crippen molar-refractivity contribution in [2.24, 2.45) is 5.41 Å². The summed E-state index contributed by atoms with van der Waals surface area (Å²) in [5, 5.41) is 9.59. The van der Waals surface area contributed by atoms with Crippen LogP contribution in [0.15, 0.2) is 6.33 Å². The Bertz CT molecular complexity index is 1300. The van der Waals surface area contributed by atoms with Crippen LogP contribution in [0.1, 0.15) is 61.6 Å². The molecule has 39 heavy (non-hydrogen) atoms. The second-order valence-corrected chi connectivity index (χ2v) is 11.4. The number of carbonyl (C=O) groups is 3. The quantitative estimate of drug-likeness (QED) is 0.250. The van der Waals surface area contributed by atoms with E-state index in [1.807, 2.05) is 0 Å². The molecule has 0 saturated carbocycles. The number of hydrogen-bond acceptors (Lipinski definition) is 11. The second kappa shape index (κ2) is 10.6. The van der Waals surface area contributed by atoms with Crippen LogP contribution >= 0.6 is 11.6 Å². The van der Waals surface area contributed by atoms with Crippen molar-refractivity contribution in [1.29, 1.82) is 0 Å². The maximum absolute atomic E-state index is 13.2. The minimum Gasteiger partial charge on any atom is -0.456 e. The molecule has 2 aromatic heterocycles. The lowest BCUT2D eigenvalue weighted by molar-refractivity contribution is -0.154. The molecule has 212 valence electrons. The molecule has 0 unspecified atom stereocenters. The molecule has 1 N–H and O–H groups in total. The van der Waals surface area contributed by atoms with E-state index in [0.717, 1.165) is 0 Å². The number of amides is 2. The number of aromatic nitrogens is 4. The van der Waals surface area contributed by atoms with Crippen molar-refractivity contribution in [1.82, 2.24) is 19.5 Å². The zero-order valence-electron chi connectivity index (χ0n) is 23.0. The van der Waals surface area contributed by atoms with E-state index in [1.165, 1.54) is 17.8 Å². The Balaban J connectivity index is 2.21. The highest BCUT2D eigenvalue weighted by Gasteiger charge is 2.56. The summed E-state index contributed by atoms with van der Waals surface area (Å²) in [6.45, 7) is 12.1. The Kier molecular flexibility index (Phi) is 8.17. The maximum atomic E-state index is 13.2. The van der Waals surface area contributed by atoms with Crippen LogP contribution in [0.2, 0.25) is 5.28 Å². The first-order valence-electron chi connectivity index (χ1n) is 12.0. The number of terminal acetylenes is 1. The average molecular weight is 566 g/mol. The number of hydrogen-bond donors (Lipinski definition) is 1. The SMILES string of the molecule is C#C[C@@]1(C)[C@@H](CO)O[C@@H](n2cnc3c(N(C(=O)OC(C)(C)C)C(=O)OC(C)(C)C)nc(Cl)nc32)[C@@H]1OC(C)=O. The van der Waals surface area contributed by atoms with Crippen molar-refractivity contribution in [2.75, 3.05) is 11.5 Å². The standard InChI is InChI=1S/C25H32ClN5O8/c1-10-25(9)14(11-32)37-19(16(25)36-13(2)33)30-12-27-15-17(30)28-20(26)29-18(15)31(21(34)38-23(3,4)5)22(35)39-24(6,7)8/h1,12,14,16,19,32H,11H2,2-9H3/t14-,16+,19-,25+/m1/s1. The van der Waals surface area contributed by atoms with Crippen molar-refractivity contribution >= 4 is 46.7 Å². The summed E-state index contributed by atoms with van der Waals surface area (Å²) in [7, 11) is 0. The number of ether oxygens (including phenoxy) is 4. The number of fused-ring (bicyclic) bond motifs is 1. The predicted molar refractivity (Wildman–Crippen MR) is 139 cm³/mol. The first kappa shape index (κ1) is 30.1. The van der Waals surface area contributed by atoms with E-state index < -0.39 is 59.8 Å². The van der Waals surface area contributed by atoms with Gasteiger partial charge in [0.25, 0.3) is 0 Å². The van der Waals surface area contributed by atoms with Crippen LogP contribution in [0, 0.1) is 17.8 Å². The molecule has 1 aliphatic rings. The number of anilines is 1. The van der Waals surface area contributed by atoms with Gasteiger partial charge in [-0.1, -0.05) is 5.92 Å². The molecule has 1 aliphatic heterocycles. The van der Waals surface area contributed by atoms with E-state index in [-0.39, 0.29) is 22.3 Å². The molecule has 4 atom stereocenters. The lowest BCUT2D eigenvalue weighted by Crippen LogP contribution is -2.44. The van der Waals surface area contributed by atoms with E-state index in [4.69, 9.17) is 37.0 Å². The largest absolute Gasteiger partial charge is 0.456 e. The highest BCUT2D eigenvalue weighted by molar-refractivity contribution is 6.29. The molecule has 1 fully saturated rings. The van der Waals surface area contributed by atoms with Crippen molar-refractivity contribution in [3.8, 4) is 12.3 Å². The third-order valence-electron chi connectivity index (χ3n) is 5.61. The van der Waals surface area contributed by atoms with Gasteiger partial charge in [0.05, 0.1) is 18.3 Å². The predicted octanol–water partition coefficient (Wildman–Crippen LogP) is 3.62. The van der Waals surface area contributed by atoms with Crippen LogP contribution in [0.5, 0.6) is 0 Å². The van der Waals surface area contributed by atoms with Crippen molar-refractivity contribution in [3.63, 3.8) is 0 Å². The average Bonchev–Trinajstić information content (AvgIpc) is 3.30. The van der Waals surface area contributed by atoms with Crippen LogP contribution in [0.3, 0.4) is 0 Å². The van der Waals surface area contributed by atoms with Gasteiger partial charge in [0.2, 0.25) is 5.28 Å². The van der Waals surface area contributed by atoms with Gasteiger partial charge in [0.15, 0.2) is 29.3 Å². The smallest absolute Gasteiger partial charge is 0.425 e. The van der Waals surface area contributed by atoms with E-state index in [1.54, 1.807) is 48.5 Å². The number of nitrogens with zero attached hydrogens (tertiary/aromatic N) is 5. The molecule has 3 rings (SSSR count). The fraction of sp³-hybridized carbons (Fsp3) is 0.600. The summed E-state index contributed by atoms with van der Waals surface area (Å²) >= 11 is 6.25. The normalized spacial score (nSPS) is 23.3. The molecule has 3 heterocycles. The zero-order valence-corrected chi connectivity index (χ0v) is 23.8. The fourth-order valence-corrected chi connectivity index (χ4v) is 4.08. The Morgan fingerprint density at radius 1 is 1.18 bits per heavy atom. The first-order chi connectivity index (χ1) is 17.9. The van der Waals surface area contributed by atoms with Crippen LogP contribution < -0.4 is 4.90 Å². The topological polar surface area (TPSA) is 155 Å². The van der Waals surface area contributed by atoms with Gasteiger partial charge in [-0.15, -0.1) is 6.42 Å². The summed E-state index contributed by atoms with van der Waals surface area (Å²) < 4.78 is 23.8. The van der Waals surface area contributed by atoms with Crippen molar-refractivity contribution in [2.45, 2.75) is 85.0 Å². The monoisotopic (exact) mass is 565 g/mol. The van der Waals surface area contributed by atoms with Crippen LogP contribution in [-0.2, 0) is 23.7 Å². The molecular weight excluding hydrogens is 534 g/mol. The zero-order chi connectivity index (χ0) is 29.5. The minimum atomic E-state index is -1.22. The van der Waals surface area contributed by atoms with Gasteiger partial charge in [-0.3, -0.25) is 9.36 Å². The van der Waals surface area contributed by atoms with Gasteiger partial charge in [-0.05, 0) is 60.1 Å². The molecule has 0 bridgehead atoms. The Morgan fingerprint density at radius 3 is 2.21 bits per heavy atom. The summed E-state index contributed by atoms with van der Waals surface area (Å²) in [6, 6.07) is 0. The van der Waals surface area contributed by atoms with E-state index in [9.17, 15) is 19.5 Å². The van der Waals surface area contributed by atoms with Gasteiger partial charge in [-0.2, -0.15) is 14.9 Å². The molecule has 13 nitrogen and oxygen atoms in total. The third kappa shape index (κ3) is 6.24. The van der Waals surface area contributed by atoms with Crippen LogP contribution in [0.25, 0.3) is 11.2 Å². The molecule has 1 saturated heterocycles. The number of aliphatic hydroxyl groups is 1.